The minimum Gasteiger partial charge on any atom is -0.378 e. The first-order valence-electron chi connectivity index (χ1n) is 12.9. The minimum absolute atomic E-state index is 0.0895. The standard InChI is InChI=1S/C27H31N7O2/c1-17-21-4-5-22-25(27(21,2)13-19-14-30-36-24(17)19)31-26(34(22)20-15-29-32(3)16-20)18-6-7-28-23(12-18)33-8-10-35-11-9-33/h6-7,12,14-17,21H,4-5,8-11,13H2,1-3H3/t17-,21-,27-/m1/s1. The molecule has 1 fully saturated rings. The fourth-order valence-corrected chi connectivity index (χ4v) is 6.82. The minimum atomic E-state index is -0.0895. The summed E-state index contributed by atoms with van der Waals surface area (Å²) in [4.78, 5) is 12.4. The highest BCUT2D eigenvalue weighted by molar-refractivity contribution is 5.65. The molecule has 186 valence electrons. The predicted octanol–water partition coefficient (Wildman–Crippen LogP) is 3.67. The first-order chi connectivity index (χ1) is 17.5. The maximum Gasteiger partial charge on any atom is 0.145 e. The second-order valence-corrected chi connectivity index (χ2v) is 10.7. The van der Waals surface area contributed by atoms with E-state index in [0.29, 0.717) is 11.8 Å². The molecule has 0 radical (unpaired) electrons. The Kier molecular flexibility index (Phi) is 4.86. The van der Waals surface area contributed by atoms with Crippen molar-refractivity contribution in [1.82, 2.24) is 29.5 Å². The smallest absolute Gasteiger partial charge is 0.145 e. The number of aromatic nitrogens is 6. The van der Waals surface area contributed by atoms with Crippen LogP contribution >= 0.6 is 0 Å². The summed E-state index contributed by atoms with van der Waals surface area (Å²) < 4.78 is 15.4. The summed E-state index contributed by atoms with van der Waals surface area (Å²) >= 11 is 0. The van der Waals surface area contributed by atoms with Gasteiger partial charge in [-0.15, -0.1) is 0 Å². The predicted molar refractivity (Wildman–Crippen MR) is 134 cm³/mol. The highest BCUT2D eigenvalue weighted by Crippen LogP contribution is 2.54. The lowest BCUT2D eigenvalue weighted by molar-refractivity contribution is 0.122. The van der Waals surface area contributed by atoms with Crippen molar-refractivity contribution < 1.29 is 9.26 Å². The number of pyridine rings is 1. The van der Waals surface area contributed by atoms with Crippen molar-refractivity contribution >= 4 is 5.82 Å². The van der Waals surface area contributed by atoms with E-state index in [9.17, 15) is 0 Å². The molecule has 1 aliphatic heterocycles. The molecule has 36 heavy (non-hydrogen) atoms. The van der Waals surface area contributed by atoms with Gasteiger partial charge in [0, 0.05) is 60.7 Å². The largest absolute Gasteiger partial charge is 0.378 e. The van der Waals surface area contributed by atoms with E-state index < -0.39 is 0 Å². The number of aryl methyl sites for hydroxylation is 1. The van der Waals surface area contributed by atoms with E-state index in [1.54, 1.807) is 0 Å². The van der Waals surface area contributed by atoms with Gasteiger partial charge in [-0.3, -0.25) is 9.25 Å². The third kappa shape index (κ3) is 3.18. The van der Waals surface area contributed by atoms with Crippen LogP contribution in [-0.4, -0.2) is 55.8 Å². The Morgan fingerprint density at radius 2 is 2.03 bits per heavy atom. The molecule has 0 amide bonds. The normalized spacial score (nSPS) is 25.4. The zero-order valence-electron chi connectivity index (χ0n) is 21.0. The second-order valence-electron chi connectivity index (χ2n) is 10.7. The average molecular weight is 486 g/mol. The van der Waals surface area contributed by atoms with Crippen LogP contribution < -0.4 is 4.90 Å². The van der Waals surface area contributed by atoms with Gasteiger partial charge in [0.1, 0.15) is 17.4 Å². The Morgan fingerprint density at radius 3 is 2.83 bits per heavy atom. The van der Waals surface area contributed by atoms with Gasteiger partial charge in [0.2, 0.25) is 0 Å². The highest BCUT2D eigenvalue weighted by atomic mass is 16.5. The van der Waals surface area contributed by atoms with E-state index in [1.165, 1.54) is 17.0 Å². The van der Waals surface area contributed by atoms with Crippen molar-refractivity contribution in [2.75, 3.05) is 31.2 Å². The lowest BCUT2D eigenvalue weighted by Gasteiger charge is -2.46. The summed E-state index contributed by atoms with van der Waals surface area (Å²) in [5.41, 5.74) is 5.72. The molecule has 0 saturated carbocycles. The third-order valence-electron chi connectivity index (χ3n) is 8.56. The van der Waals surface area contributed by atoms with Crippen LogP contribution in [0.3, 0.4) is 0 Å². The number of ether oxygens (including phenoxy) is 1. The third-order valence-corrected chi connectivity index (χ3v) is 8.56. The maximum absolute atomic E-state index is 5.68. The second kappa shape index (κ2) is 8.03. The Morgan fingerprint density at radius 1 is 1.17 bits per heavy atom. The molecule has 2 aliphatic carbocycles. The number of fused-ring (bicyclic) bond motifs is 4. The molecular weight excluding hydrogens is 454 g/mol. The van der Waals surface area contributed by atoms with Gasteiger partial charge in [0.25, 0.3) is 0 Å². The van der Waals surface area contributed by atoms with Crippen LogP contribution in [0, 0.1) is 5.92 Å². The van der Waals surface area contributed by atoms with Crippen LogP contribution in [0.2, 0.25) is 0 Å². The van der Waals surface area contributed by atoms with E-state index in [1.807, 2.05) is 30.3 Å². The number of morpholine rings is 1. The van der Waals surface area contributed by atoms with Crippen molar-refractivity contribution in [1.29, 1.82) is 0 Å². The molecule has 7 rings (SSSR count). The molecule has 4 aromatic rings. The van der Waals surface area contributed by atoms with Crippen molar-refractivity contribution in [2.45, 2.75) is 44.4 Å². The van der Waals surface area contributed by atoms with E-state index in [4.69, 9.17) is 14.2 Å². The first kappa shape index (κ1) is 21.8. The van der Waals surface area contributed by atoms with Crippen molar-refractivity contribution in [2.24, 2.45) is 13.0 Å². The number of anilines is 1. The van der Waals surface area contributed by atoms with Crippen LogP contribution in [-0.2, 0) is 30.0 Å². The molecular formula is C27H31N7O2. The summed E-state index contributed by atoms with van der Waals surface area (Å²) in [5.74, 6) is 3.75. The summed E-state index contributed by atoms with van der Waals surface area (Å²) in [6, 6.07) is 4.25. The molecule has 0 N–H and O–H groups in total. The van der Waals surface area contributed by atoms with E-state index in [-0.39, 0.29) is 5.41 Å². The van der Waals surface area contributed by atoms with Gasteiger partial charge < -0.3 is 14.2 Å². The van der Waals surface area contributed by atoms with Crippen LogP contribution in [0.4, 0.5) is 5.82 Å². The number of hydrogen-bond donors (Lipinski definition) is 0. The quantitative estimate of drug-likeness (QED) is 0.438. The molecule has 0 bridgehead atoms. The van der Waals surface area contributed by atoms with Crippen LogP contribution in [0.5, 0.6) is 0 Å². The average Bonchev–Trinajstić information content (AvgIpc) is 3.63. The summed E-state index contributed by atoms with van der Waals surface area (Å²) in [7, 11) is 1.96. The number of rotatable bonds is 3. The molecule has 9 heteroatoms. The molecule has 3 atom stereocenters. The van der Waals surface area contributed by atoms with Gasteiger partial charge in [0.05, 0.1) is 37.0 Å². The molecule has 9 nitrogen and oxygen atoms in total. The van der Waals surface area contributed by atoms with Gasteiger partial charge in [0.15, 0.2) is 0 Å². The lowest BCUT2D eigenvalue weighted by atomic mass is 9.57. The Balaban J connectivity index is 1.40. The van der Waals surface area contributed by atoms with E-state index in [2.05, 4.69) is 56.9 Å². The van der Waals surface area contributed by atoms with Crippen molar-refractivity contribution in [3.63, 3.8) is 0 Å². The highest BCUT2D eigenvalue weighted by Gasteiger charge is 2.51. The van der Waals surface area contributed by atoms with Gasteiger partial charge in [-0.25, -0.2) is 9.97 Å². The zero-order chi connectivity index (χ0) is 24.4. The molecule has 0 aromatic carbocycles. The summed E-state index contributed by atoms with van der Waals surface area (Å²) in [6.45, 7) is 7.83. The molecule has 0 spiro atoms. The fraction of sp³-hybridized carbons (Fsp3) is 0.481. The van der Waals surface area contributed by atoms with E-state index >= 15 is 0 Å². The number of hydrogen-bond acceptors (Lipinski definition) is 7. The summed E-state index contributed by atoms with van der Waals surface area (Å²) in [5, 5.41) is 8.64. The Labute approximate surface area is 210 Å². The zero-order valence-corrected chi connectivity index (χ0v) is 21.0. The van der Waals surface area contributed by atoms with Gasteiger partial charge in [-0.2, -0.15) is 5.10 Å². The molecule has 3 aliphatic rings. The fourth-order valence-electron chi connectivity index (χ4n) is 6.82. The number of nitrogens with zero attached hydrogens (tertiary/aromatic N) is 7. The van der Waals surface area contributed by atoms with E-state index in [0.717, 1.165) is 74.2 Å². The molecule has 1 saturated heterocycles. The SMILES string of the molecule is C[C@H]1c2oncc2C[C@@]2(C)c3nc(-c4ccnc(N5CCOCC5)c4)n(-c4cnn(C)c4)c3CC[C@H]12. The Bertz CT molecular complexity index is 1430. The lowest BCUT2D eigenvalue weighted by Crippen LogP contribution is -2.44. The van der Waals surface area contributed by atoms with Crippen molar-refractivity contribution in [3.05, 3.63) is 59.6 Å². The van der Waals surface area contributed by atoms with Gasteiger partial charge >= 0.3 is 0 Å². The maximum atomic E-state index is 5.68. The molecule has 5 heterocycles. The first-order valence-corrected chi connectivity index (χ1v) is 12.9. The Hall–Kier alpha value is -3.46. The molecule has 0 unspecified atom stereocenters. The monoisotopic (exact) mass is 485 g/mol. The molecule has 4 aromatic heterocycles. The van der Waals surface area contributed by atoms with Gasteiger partial charge in [-0.1, -0.05) is 19.0 Å². The summed E-state index contributed by atoms with van der Waals surface area (Å²) in [6.07, 6.45) is 10.8. The van der Waals surface area contributed by atoms with Crippen molar-refractivity contribution in [3.8, 4) is 17.1 Å². The van der Waals surface area contributed by atoms with Crippen LogP contribution in [0.1, 0.15) is 48.9 Å². The van der Waals surface area contributed by atoms with Crippen LogP contribution in [0.15, 0.2) is 41.4 Å². The topological polar surface area (TPSA) is 87.0 Å². The van der Waals surface area contributed by atoms with Gasteiger partial charge in [-0.05, 0) is 37.3 Å². The number of imidazole rings is 1. The van der Waals surface area contributed by atoms with Crippen LogP contribution in [0.25, 0.3) is 17.1 Å².